The summed E-state index contributed by atoms with van der Waals surface area (Å²) in [5.74, 6) is -0.134. The van der Waals surface area contributed by atoms with E-state index >= 15 is 0 Å². The van der Waals surface area contributed by atoms with Crippen molar-refractivity contribution in [1.29, 1.82) is 0 Å². The van der Waals surface area contributed by atoms with Gasteiger partial charge in [0, 0.05) is 19.0 Å². The van der Waals surface area contributed by atoms with Crippen LogP contribution in [0.4, 0.5) is 4.79 Å². The lowest BCUT2D eigenvalue weighted by atomic mass is 9.88. The van der Waals surface area contributed by atoms with Crippen LogP contribution in [0, 0.1) is 5.41 Å². The molecular weight excluding hydrogens is 363 g/mol. The van der Waals surface area contributed by atoms with Crippen LogP contribution < -0.4 is 5.32 Å². The molecule has 1 aromatic rings. The summed E-state index contributed by atoms with van der Waals surface area (Å²) in [6, 6.07) is 5.44. The Hall–Kier alpha value is -1.01. The molecular formula is C18H26Cl2N2O3. The van der Waals surface area contributed by atoms with Gasteiger partial charge in [0.25, 0.3) is 0 Å². The molecule has 7 heteroatoms. The van der Waals surface area contributed by atoms with Crippen LogP contribution in [0.1, 0.15) is 32.3 Å². The number of carboxylic acid groups (broad SMARTS) is 1. The average molecular weight is 389 g/mol. The maximum atomic E-state index is 11.7. The summed E-state index contributed by atoms with van der Waals surface area (Å²) in [6.07, 6.45) is -1.31. The molecule has 0 spiro atoms. The third kappa shape index (κ3) is 5.00. The number of likely N-dealkylation sites (N-methyl/N-ethyl adjacent to an activating group) is 1. The minimum atomic E-state index is -0.937. The van der Waals surface area contributed by atoms with Gasteiger partial charge in [-0.15, -0.1) is 0 Å². The van der Waals surface area contributed by atoms with Gasteiger partial charge in [-0.05, 0) is 30.2 Å². The van der Waals surface area contributed by atoms with Gasteiger partial charge in [0.2, 0.25) is 0 Å². The van der Waals surface area contributed by atoms with Crippen molar-refractivity contribution in [1.82, 2.24) is 10.2 Å². The molecule has 1 aromatic carbocycles. The van der Waals surface area contributed by atoms with Crippen LogP contribution in [0.3, 0.4) is 0 Å². The molecule has 0 bridgehead atoms. The monoisotopic (exact) mass is 388 g/mol. The Kier molecular flexibility index (Phi) is 6.60. The highest BCUT2D eigenvalue weighted by Crippen LogP contribution is 2.35. The van der Waals surface area contributed by atoms with Crippen molar-refractivity contribution in [3.8, 4) is 0 Å². The fourth-order valence-corrected chi connectivity index (χ4v) is 3.37. The fraction of sp³-hybridized carbons (Fsp3) is 0.611. The van der Waals surface area contributed by atoms with Crippen molar-refractivity contribution in [2.75, 3.05) is 26.7 Å². The molecule has 0 radical (unpaired) electrons. The van der Waals surface area contributed by atoms with E-state index in [1.165, 1.54) is 4.90 Å². The Morgan fingerprint density at radius 3 is 2.52 bits per heavy atom. The third-order valence-electron chi connectivity index (χ3n) is 4.60. The molecule has 2 N–H and O–H groups in total. The SMILES string of the molecule is CNCC1OC(C(C)(C)C)CN(C(=O)O)CC1c1ccc(Cl)c(Cl)c1. The zero-order valence-corrected chi connectivity index (χ0v) is 16.6. The minimum Gasteiger partial charge on any atom is -0.465 e. The molecule has 0 aromatic heterocycles. The topological polar surface area (TPSA) is 61.8 Å². The molecule has 5 nitrogen and oxygen atoms in total. The van der Waals surface area contributed by atoms with E-state index in [0.717, 1.165) is 5.56 Å². The van der Waals surface area contributed by atoms with Crippen LogP contribution in [-0.4, -0.2) is 55.0 Å². The van der Waals surface area contributed by atoms with Crippen LogP contribution in [0.2, 0.25) is 10.0 Å². The largest absolute Gasteiger partial charge is 0.465 e. The molecule has 25 heavy (non-hydrogen) atoms. The second-order valence-corrected chi connectivity index (χ2v) is 8.37. The van der Waals surface area contributed by atoms with E-state index in [1.807, 2.05) is 13.1 Å². The number of hydrogen-bond donors (Lipinski definition) is 2. The average Bonchev–Trinajstić information content (AvgIpc) is 2.70. The predicted octanol–water partition coefficient (Wildman–Crippen LogP) is 4.09. The molecule has 1 aliphatic rings. The van der Waals surface area contributed by atoms with E-state index < -0.39 is 6.09 Å². The molecule has 0 aliphatic carbocycles. The number of benzene rings is 1. The van der Waals surface area contributed by atoms with E-state index in [4.69, 9.17) is 27.9 Å². The highest BCUT2D eigenvalue weighted by molar-refractivity contribution is 6.42. The van der Waals surface area contributed by atoms with Crippen molar-refractivity contribution in [2.24, 2.45) is 5.41 Å². The van der Waals surface area contributed by atoms with Gasteiger partial charge < -0.3 is 20.1 Å². The molecule has 1 saturated heterocycles. The van der Waals surface area contributed by atoms with E-state index in [-0.39, 0.29) is 23.5 Å². The number of hydrogen-bond acceptors (Lipinski definition) is 3. The first kappa shape index (κ1) is 20.3. The smallest absolute Gasteiger partial charge is 0.407 e. The van der Waals surface area contributed by atoms with Crippen molar-refractivity contribution in [2.45, 2.75) is 38.9 Å². The van der Waals surface area contributed by atoms with Gasteiger partial charge in [-0.25, -0.2) is 4.79 Å². The van der Waals surface area contributed by atoms with E-state index in [9.17, 15) is 9.90 Å². The summed E-state index contributed by atoms with van der Waals surface area (Å²) >= 11 is 12.2. The zero-order valence-electron chi connectivity index (χ0n) is 15.1. The summed E-state index contributed by atoms with van der Waals surface area (Å²) in [5.41, 5.74) is 0.752. The van der Waals surface area contributed by atoms with Gasteiger partial charge in [0.15, 0.2) is 0 Å². The number of carbonyl (C=O) groups is 1. The number of rotatable bonds is 3. The van der Waals surface area contributed by atoms with Crippen LogP contribution in [0.25, 0.3) is 0 Å². The van der Waals surface area contributed by atoms with Crippen molar-refractivity contribution in [3.63, 3.8) is 0 Å². The lowest BCUT2D eigenvalue weighted by Gasteiger charge is -2.34. The molecule has 140 valence electrons. The lowest BCUT2D eigenvalue weighted by molar-refractivity contribution is -0.0642. The molecule has 1 heterocycles. The fourth-order valence-electron chi connectivity index (χ4n) is 3.07. The first-order chi connectivity index (χ1) is 11.6. The number of halogens is 2. The zero-order chi connectivity index (χ0) is 18.8. The number of ether oxygens (including phenoxy) is 1. The quantitative estimate of drug-likeness (QED) is 0.818. The normalized spacial score (nSPS) is 24.9. The Morgan fingerprint density at radius 2 is 2.00 bits per heavy atom. The van der Waals surface area contributed by atoms with E-state index in [0.29, 0.717) is 29.7 Å². The van der Waals surface area contributed by atoms with Crippen LogP contribution in [-0.2, 0) is 4.74 Å². The Balaban J connectivity index is 2.42. The Labute approximate surface area is 159 Å². The van der Waals surface area contributed by atoms with Crippen molar-refractivity contribution >= 4 is 29.3 Å². The highest BCUT2D eigenvalue weighted by Gasteiger charge is 2.39. The second kappa shape index (κ2) is 8.12. The molecule has 1 amide bonds. The molecule has 1 aliphatic heterocycles. The third-order valence-corrected chi connectivity index (χ3v) is 5.34. The van der Waals surface area contributed by atoms with Crippen LogP contribution >= 0.6 is 23.2 Å². The molecule has 3 unspecified atom stereocenters. The van der Waals surface area contributed by atoms with Crippen LogP contribution in [0.15, 0.2) is 18.2 Å². The summed E-state index contributed by atoms with van der Waals surface area (Å²) in [5, 5.41) is 13.7. The van der Waals surface area contributed by atoms with Gasteiger partial charge in [0.1, 0.15) is 0 Å². The maximum absolute atomic E-state index is 11.7. The number of nitrogens with zero attached hydrogens (tertiary/aromatic N) is 1. The first-order valence-corrected chi connectivity index (χ1v) is 9.12. The predicted molar refractivity (Wildman–Crippen MR) is 101 cm³/mol. The summed E-state index contributed by atoms with van der Waals surface area (Å²) < 4.78 is 6.39. The van der Waals surface area contributed by atoms with E-state index in [1.54, 1.807) is 12.1 Å². The maximum Gasteiger partial charge on any atom is 0.407 e. The second-order valence-electron chi connectivity index (χ2n) is 7.55. The number of nitrogens with one attached hydrogen (secondary N) is 1. The summed E-state index contributed by atoms with van der Waals surface area (Å²) in [6.45, 7) is 7.50. The molecule has 1 fully saturated rings. The number of amides is 1. The van der Waals surface area contributed by atoms with Crippen LogP contribution in [0.5, 0.6) is 0 Å². The van der Waals surface area contributed by atoms with Gasteiger partial charge in [-0.2, -0.15) is 0 Å². The highest BCUT2D eigenvalue weighted by atomic mass is 35.5. The van der Waals surface area contributed by atoms with Gasteiger partial charge in [-0.1, -0.05) is 50.0 Å². The minimum absolute atomic E-state index is 0.134. The first-order valence-electron chi connectivity index (χ1n) is 8.36. The summed E-state index contributed by atoms with van der Waals surface area (Å²) in [7, 11) is 1.86. The standard InChI is InChI=1S/C18H26Cl2N2O3/c1-18(2,3)16-10-22(17(23)24)9-12(15(25-16)8-21-4)11-5-6-13(19)14(20)7-11/h5-7,12,15-16,21H,8-10H2,1-4H3,(H,23,24). The Morgan fingerprint density at radius 1 is 1.32 bits per heavy atom. The Bertz CT molecular complexity index is 619. The molecule has 3 atom stereocenters. The lowest BCUT2D eigenvalue weighted by Crippen LogP contribution is -2.42. The molecule has 0 saturated carbocycles. The van der Waals surface area contributed by atoms with Gasteiger partial charge >= 0.3 is 6.09 Å². The van der Waals surface area contributed by atoms with Crippen molar-refractivity contribution < 1.29 is 14.6 Å². The van der Waals surface area contributed by atoms with Gasteiger partial charge in [0.05, 0.1) is 28.8 Å². The van der Waals surface area contributed by atoms with E-state index in [2.05, 4.69) is 26.1 Å². The summed E-state index contributed by atoms with van der Waals surface area (Å²) in [4.78, 5) is 13.2. The van der Waals surface area contributed by atoms with Crippen molar-refractivity contribution in [3.05, 3.63) is 33.8 Å². The van der Waals surface area contributed by atoms with Gasteiger partial charge in [-0.3, -0.25) is 0 Å². The molecule has 2 rings (SSSR count).